The van der Waals surface area contributed by atoms with Crippen LogP contribution in [0.25, 0.3) is 0 Å². The van der Waals surface area contributed by atoms with E-state index in [1.807, 2.05) is 6.92 Å². The van der Waals surface area contributed by atoms with Gasteiger partial charge in [0.2, 0.25) is 0 Å². The second kappa shape index (κ2) is 4.20. The van der Waals surface area contributed by atoms with E-state index in [1.54, 1.807) is 0 Å². The van der Waals surface area contributed by atoms with Crippen LogP contribution >= 0.6 is 0 Å². The molecule has 2 aliphatic heterocycles. The highest BCUT2D eigenvalue weighted by Crippen LogP contribution is 2.24. The van der Waals surface area contributed by atoms with Gasteiger partial charge in [0.1, 0.15) is 5.78 Å². The summed E-state index contributed by atoms with van der Waals surface area (Å²) in [5.41, 5.74) is 5.80. The fraction of sp³-hybridized carbons (Fsp3) is 0.909. The Labute approximate surface area is 91.4 Å². The van der Waals surface area contributed by atoms with Gasteiger partial charge in [-0.1, -0.05) is 0 Å². The highest BCUT2D eigenvalue weighted by molar-refractivity contribution is 5.85. The first-order valence-electron chi connectivity index (χ1n) is 5.76. The standard InChI is InChI=1S/C11H21N3O/c1-8(12)3-14-6-9-4-13(2)5-10(7-14)11(9)15/h8-10H,3-7,12H2,1-2H3. The molecule has 3 atom stereocenters. The molecule has 0 radical (unpaired) electrons. The molecule has 0 spiro atoms. The van der Waals surface area contributed by atoms with Crippen LogP contribution in [-0.2, 0) is 4.79 Å². The van der Waals surface area contributed by atoms with Crippen LogP contribution < -0.4 is 5.73 Å². The zero-order valence-electron chi connectivity index (χ0n) is 9.65. The van der Waals surface area contributed by atoms with Crippen LogP contribution in [0.1, 0.15) is 6.92 Å². The van der Waals surface area contributed by atoms with Crippen LogP contribution in [0.2, 0.25) is 0 Å². The maximum absolute atomic E-state index is 11.9. The van der Waals surface area contributed by atoms with Gasteiger partial charge in [-0.05, 0) is 14.0 Å². The van der Waals surface area contributed by atoms with Gasteiger partial charge in [0, 0.05) is 50.6 Å². The molecule has 2 rings (SSSR count). The van der Waals surface area contributed by atoms with Crippen molar-refractivity contribution in [2.45, 2.75) is 13.0 Å². The van der Waals surface area contributed by atoms with Crippen molar-refractivity contribution in [1.29, 1.82) is 0 Å². The number of likely N-dealkylation sites (tertiary alicyclic amines) is 2. The van der Waals surface area contributed by atoms with Gasteiger partial charge in [0.15, 0.2) is 0 Å². The summed E-state index contributed by atoms with van der Waals surface area (Å²) in [6.07, 6.45) is 0. The number of piperidine rings is 2. The minimum absolute atomic E-state index is 0.205. The first-order valence-corrected chi connectivity index (χ1v) is 5.76. The first-order chi connectivity index (χ1) is 7.06. The van der Waals surface area contributed by atoms with Crippen molar-refractivity contribution in [3.63, 3.8) is 0 Å². The maximum Gasteiger partial charge on any atom is 0.144 e. The molecule has 2 bridgehead atoms. The van der Waals surface area contributed by atoms with Crippen molar-refractivity contribution in [2.24, 2.45) is 17.6 Å². The number of ketones is 1. The van der Waals surface area contributed by atoms with Crippen LogP contribution in [0.4, 0.5) is 0 Å². The van der Waals surface area contributed by atoms with Crippen LogP contribution in [0.15, 0.2) is 0 Å². The molecule has 2 fully saturated rings. The third-order valence-electron chi connectivity index (χ3n) is 3.37. The molecular formula is C11H21N3O. The molecule has 2 saturated heterocycles. The lowest BCUT2D eigenvalue weighted by atomic mass is 9.83. The summed E-state index contributed by atoms with van der Waals surface area (Å²) in [6.45, 7) is 6.60. The van der Waals surface area contributed by atoms with Gasteiger partial charge in [0.25, 0.3) is 0 Å². The summed E-state index contributed by atoms with van der Waals surface area (Å²) in [5, 5.41) is 0. The molecule has 3 unspecified atom stereocenters. The molecule has 2 heterocycles. The van der Waals surface area contributed by atoms with Crippen molar-refractivity contribution in [1.82, 2.24) is 9.80 Å². The minimum atomic E-state index is 0.205. The number of rotatable bonds is 2. The van der Waals surface area contributed by atoms with E-state index in [-0.39, 0.29) is 17.9 Å². The van der Waals surface area contributed by atoms with Gasteiger partial charge in [-0.2, -0.15) is 0 Å². The van der Waals surface area contributed by atoms with Crippen molar-refractivity contribution >= 4 is 5.78 Å². The first kappa shape index (κ1) is 11.0. The average molecular weight is 211 g/mol. The third kappa shape index (κ3) is 2.38. The quantitative estimate of drug-likeness (QED) is 0.662. The van der Waals surface area contributed by atoms with Crippen molar-refractivity contribution in [3.05, 3.63) is 0 Å². The van der Waals surface area contributed by atoms with Gasteiger partial charge in [-0.25, -0.2) is 0 Å². The second-order valence-corrected chi connectivity index (χ2v) is 5.21. The smallest absolute Gasteiger partial charge is 0.144 e. The Hall–Kier alpha value is -0.450. The molecular weight excluding hydrogens is 190 g/mol. The topological polar surface area (TPSA) is 49.6 Å². The molecule has 0 amide bonds. The average Bonchev–Trinajstić information content (AvgIpc) is 2.08. The molecule has 15 heavy (non-hydrogen) atoms. The summed E-state index contributed by atoms with van der Waals surface area (Å²) in [5.74, 6) is 0.927. The Balaban J connectivity index is 2.00. The van der Waals surface area contributed by atoms with E-state index in [0.717, 1.165) is 32.7 Å². The fourth-order valence-corrected chi connectivity index (χ4v) is 2.89. The van der Waals surface area contributed by atoms with Gasteiger partial charge >= 0.3 is 0 Å². The number of hydrogen-bond donors (Lipinski definition) is 1. The van der Waals surface area contributed by atoms with Crippen molar-refractivity contribution in [2.75, 3.05) is 39.8 Å². The Morgan fingerprint density at radius 3 is 2.33 bits per heavy atom. The monoisotopic (exact) mass is 211 g/mol. The fourth-order valence-electron chi connectivity index (χ4n) is 2.89. The zero-order valence-corrected chi connectivity index (χ0v) is 9.65. The SMILES string of the molecule is CC(N)CN1CC2CN(C)CC(C1)C2=O. The minimum Gasteiger partial charge on any atom is -0.327 e. The lowest BCUT2D eigenvalue weighted by Gasteiger charge is -2.43. The predicted octanol–water partition coefficient (Wildman–Crippen LogP) is -0.604. The number of carbonyl (C=O) groups excluding carboxylic acids is 1. The summed E-state index contributed by atoms with van der Waals surface area (Å²) in [6, 6.07) is 0.205. The van der Waals surface area contributed by atoms with E-state index >= 15 is 0 Å². The van der Waals surface area contributed by atoms with E-state index < -0.39 is 0 Å². The number of fused-ring (bicyclic) bond motifs is 2. The Morgan fingerprint density at radius 1 is 1.33 bits per heavy atom. The Kier molecular flexibility index (Phi) is 3.09. The molecule has 4 heteroatoms. The predicted molar refractivity (Wildman–Crippen MR) is 59.6 cm³/mol. The number of nitrogens with zero attached hydrogens (tertiary/aromatic N) is 2. The summed E-state index contributed by atoms with van der Waals surface area (Å²) >= 11 is 0. The molecule has 0 saturated carbocycles. The normalized spacial score (nSPS) is 35.5. The Morgan fingerprint density at radius 2 is 1.87 bits per heavy atom. The van der Waals surface area contributed by atoms with Gasteiger partial charge in [0.05, 0.1) is 0 Å². The maximum atomic E-state index is 11.9. The number of Topliss-reactive ketones (excluding diaryl/α,β-unsaturated/α-hetero) is 1. The van der Waals surface area contributed by atoms with E-state index in [9.17, 15) is 4.79 Å². The van der Waals surface area contributed by atoms with E-state index in [0.29, 0.717) is 5.78 Å². The van der Waals surface area contributed by atoms with Gasteiger partial charge in [-0.3, -0.25) is 4.79 Å². The lowest BCUT2D eigenvalue weighted by Crippen LogP contribution is -2.58. The molecule has 0 aromatic heterocycles. The number of nitrogens with two attached hydrogens (primary N) is 1. The summed E-state index contributed by atoms with van der Waals surface area (Å²) < 4.78 is 0. The van der Waals surface area contributed by atoms with E-state index in [4.69, 9.17) is 5.73 Å². The summed E-state index contributed by atoms with van der Waals surface area (Å²) in [4.78, 5) is 16.5. The molecule has 0 aromatic rings. The highest BCUT2D eigenvalue weighted by Gasteiger charge is 2.39. The number of hydrogen-bond acceptors (Lipinski definition) is 4. The van der Waals surface area contributed by atoms with Crippen LogP contribution in [0.5, 0.6) is 0 Å². The molecule has 0 aromatic carbocycles. The van der Waals surface area contributed by atoms with Crippen LogP contribution in [-0.4, -0.2) is 61.4 Å². The van der Waals surface area contributed by atoms with Gasteiger partial charge < -0.3 is 15.5 Å². The zero-order chi connectivity index (χ0) is 11.0. The van der Waals surface area contributed by atoms with E-state index in [2.05, 4.69) is 16.8 Å². The second-order valence-electron chi connectivity index (χ2n) is 5.21. The third-order valence-corrected chi connectivity index (χ3v) is 3.37. The van der Waals surface area contributed by atoms with Gasteiger partial charge in [-0.15, -0.1) is 0 Å². The molecule has 4 nitrogen and oxygen atoms in total. The molecule has 86 valence electrons. The number of carbonyl (C=O) groups is 1. The summed E-state index contributed by atoms with van der Waals surface area (Å²) in [7, 11) is 2.10. The van der Waals surface area contributed by atoms with Crippen molar-refractivity contribution in [3.8, 4) is 0 Å². The highest BCUT2D eigenvalue weighted by atomic mass is 16.1. The largest absolute Gasteiger partial charge is 0.327 e. The lowest BCUT2D eigenvalue weighted by molar-refractivity contribution is -0.136. The van der Waals surface area contributed by atoms with E-state index in [1.165, 1.54) is 0 Å². The van der Waals surface area contributed by atoms with Crippen LogP contribution in [0, 0.1) is 11.8 Å². The molecule has 2 aliphatic rings. The Bertz CT molecular complexity index is 236. The van der Waals surface area contributed by atoms with Crippen LogP contribution in [0.3, 0.4) is 0 Å². The molecule has 0 aliphatic carbocycles. The molecule has 2 N–H and O–H groups in total. The van der Waals surface area contributed by atoms with Crippen molar-refractivity contribution < 1.29 is 4.79 Å².